The number of nitrogens with one attached hydrogen (secondary N) is 1. The number of sulfonamides is 1. The highest BCUT2D eigenvalue weighted by atomic mass is 35.5. The number of hydrogen-bond donors (Lipinski definition) is 1. The van der Waals surface area contributed by atoms with Gasteiger partial charge in [0.1, 0.15) is 10.6 Å². The molecule has 132 valence electrons. The molecule has 1 N–H and O–H groups in total. The molecule has 0 amide bonds. The maximum Gasteiger partial charge on any atom is 0.247 e. The van der Waals surface area contributed by atoms with Gasteiger partial charge in [-0.15, -0.1) is 12.4 Å². The molecule has 1 saturated heterocycles. The van der Waals surface area contributed by atoms with E-state index in [1.807, 2.05) is 27.0 Å². The first kappa shape index (κ1) is 20.2. The summed E-state index contributed by atoms with van der Waals surface area (Å²) in [7, 11) is -0.0483. The summed E-state index contributed by atoms with van der Waals surface area (Å²) in [4.78, 5) is 0.313. The minimum Gasteiger partial charge on any atom is -0.495 e. The standard InChI is InChI=1S/C16H26N2O3S.ClH/c1-12-9-13(2)16(15(10-12)21-4)22(19,20)18-7-5-14(6-8-18)11-17-3;/h9-10,14,17H,5-8,11H2,1-4H3;1H. The van der Waals surface area contributed by atoms with Gasteiger partial charge >= 0.3 is 0 Å². The largest absolute Gasteiger partial charge is 0.495 e. The predicted octanol–water partition coefficient (Wildman–Crippen LogP) is 2.35. The number of benzene rings is 1. The third kappa shape index (κ3) is 4.38. The van der Waals surface area contributed by atoms with Crippen LogP contribution < -0.4 is 10.1 Å². The highest BCUT2D eigenvalue weighted by molar-refractivity contribution is 7.89. The summed E-state index contributed by atoms with van der Waals surface area (Å²) < 4.78 is 32.9. The third-order valence-corrected chi connectivity index (χ3v) is 6.35. The predicted molar refractivity (Wildman–Crippen MR) is 95.1 cm³/mol. The first-order chi connectivity index (χ1) is 10.4. The fourth-order valence-corrected chi connectivity index (χ4v) is 4.98. The fourth-order valence-electron chi connectivity index (χ4n) is 3.17. The molecule has 0 spiro atoms. The highest BCUT2D eigenvalue weighted by Crippen LogP contribution is 2.33. The molecule has 0 unspecified atom stereocenters. The van der Waals surface area contributed by atoms with Crippen LogP contribution in [0.15, 0.2) is 17.0 Å². The summed E-state index contributed by atoms with van der Waals surface area (Å²) in [5.74, 6) is 0.993. The zero-order chi connectivity index (χ0) is 16.3. The Hall–Kier alpha value is -0.820. The Bertz CT molecular complexity index is 626. The molecule has 1 aliphatic heterocycles. The Morgan fingerprint density at radius 3 is 2.39 bits per heavy atom. The summed E-state index contributed by atoms with van der Waals surface area (Å²) in [5.41, 5.74) is 1.75. The summed E-state index contributed by atoms with van der Waals surface area (Å²) in [6.07, 6.45) is 1.79. The van der Waals surface area contributed by atoms with E-state index in [0.29, 0.717) is 29.7 Å². The van der Waals surface area contributed by atoms with Gasteiger partial charge in [-0.2, -0.15) is 4.31 Å². The van der Waals surface area contributed by atoms with Gasteiger partial charge < -0.3 is 10.1 Å². The van der Waals surface area contributed by atoms with E-state index in [4.69, 9.17) is 4.74 Å². The van der Waals surface area contributed by atoms with E-state index in [0.717, 1.165) is 30.5 Å². The van der Waals surface area contributed by atoms with Crippen LogP contribution in [0.3, 0.4) is 0 Å². The second-order valence-electron chi connectivity index (χ2n) is 6.02. The van der Waals surface area contributed by atoms with Crippen molar-refractivity contribution >= 4 is 22.4 Å². The smallest absolute Gasteiger partial charge is 0.247 e. The zero-order valence-corrected chi connectivity index (χ0v) is 15.9. The minimum absolute atomic E-state index is 0. The SMILES string of the molecule is CNCC1CCN(S(=O)(=O)c2c(C)cc(C)cc2OC)CC1.Cl. The molecule has 0 saturated carbocycles. The second kappa shape index (κ2) is 8.33. The molecule has 5 nitrogen and oxygen atoms in total. The summed E-state index contributed by atoms with van der Waals surface area (Å²) in [6.45, 7) is 5.86. The van der Waals surface area contributed by atoms with Crippen LogP contribution in [-0.4, -0.2) is 46.5 Å². The Labute approximate surface area is 145 Å². The van der Waals surface area contributed by atoms with Crippen LogP contribution in [0.2, 0.25) is 0 Å². The number of rotatable bonds is 5. The summed E-state index contributed by atoms with van der Waals surface area (Å²) in [5, 5.41) is 3.17. The lowest BCUT2D eigenvalue weighted by molar-refractivity contribution is 0.270. The Morgan fingerprint density at radius 1 is 1.26 bits per heavy atom. The summed E-state index contributed by atoms with van der Waals surface area (Å²) in [6, 6.07) is 3.68. The van der Waals surface area contributed by atoms with Gasteiger partial charge in [-0.05, 0) is 63.4 Å². The molecule has 1 aromatic rings. The van der Waals surface area contributed by atoms with Gasteiger partial charge in [0.25, 0.3) is 0 Å². The van der Waals surface area contributed by atoms with Gasteiger partial charge in [0.2, 0.25) is 10.0 Å². The van der Waals surface area contributed by atoms with Crippen molar-refractivity contribution in [3.8, 4) is 5.75 Å². The number of ether oxygens (including phenoxy) is 1. The molecule has 0 aromatic heterocycles. The van der Waals surface area contributed by atoms with E-state index in [9.17, 15) is 8.42 Å². The van der Waals surface area contributed by atoms with E-state index in [1.165, 1.54) is 7.11 Å². The molecule has 0 radical (unpaired) electrons. The van der Waals surface area contributed by atoms with Gasteiger partial charge in [-0.1, -0.05) is 6.07 Å². The molecule has 1 aliphatic rings. The highest BCUT2D eigenvalue weighted by Gasteiger charge is 2.32. The first-order valence-electron chi connectivity index (χ1n) is 7.70. The molecular formula is C16H27ClN2O3S. The van der Waals surface area contributed by atoms with Crippen molar-refractivity contribution in [1.82, 2.24) is 9.62 Å². The Morgan fingerprint density at radius 2 is 1.87 bits per heavy atom. The van der Waals surface area contributed by atoms with E-state index >= 15 is 0 Å². The number of halogens is 1. The molecule has 7 heteroatoms. The van der Waals surface area contributed by atoms with Crippen LogP contribution >= 0.6 is 12.4 Å². The average molecular weight is 363 g/mol. The van der Waals surface area contributed by atoms with Crippen molar-refractivity contribution in [3.63, 3.8) is 0 Å². The quantitative estimate of drug-likeness (QED) is 0.873. The molecular weight excluding hydrogens is 336 g/mol. The van der Waals surface area contributed by atoms with Gasteiger partial charge in [-0.3, -0.25) is 0 Å². The number of piperidine rings is 1. The van der Waals surface area contributed by atoms with Crippen LogP contribution in [-0.2, 0) is 10.0 Å². The average Bonchev–Trinajstić information content (AvgIpc) is 2.46. The molecule has 1 fully saturated rings. The van der Waals surface area contributed by atoms with Crippen LogP contribution in [0, 0.1) is 19.8 Å². The van der Waals surface area contributed by atoms with Gasteiger partial charge in [-0.25, -0.2) is 8.42 Å². The first-order valence-corrected chi connectivity index (χ1v) is 9.14. The number of aryl methyl sites for hydroxylation is 2. The molecule has 23 heavy (non-hydrogen) atoms. The monoisotopic (exact) mass is 362 g/mol. The number of nitrogens with zero attached hydrogens (tertiary/aromatic N) is 1. The number of hydrogen-bond acceptors (Lipinski definition) is 4. The van der Waals surface area contributed by atoms with Gasteiger partial charge in [0, 0.05) is 13.1 Å². The molecule has 1 aromatic carbocycles. The lowest BCUT2D eigenvalue weighted by Gasteiger charge is -2.31. The van der Waals surface area contributed by atoms with Crippen LogP contribution in [0.25, 0.3) is 0 Å². The van der Waals surface area contributed by atoms with Crippen LogP contribution in [0.4, 0.5) is 0 Å². The lowest BCUT2D eigenvalue weighted by Crippen LogP contribution is -2.40. The fraction of sp³-hybridized carbons (Fsp3) is 0.625. The number of methoxy groups -OCH3 is 1. The zero-order valence-electron chi connectivity index (χ0n) is 14.3. The Kier molecular flexibility index (Phi) is 7.32. The molecule has 0 bridgehead atoms. The third-order valence-electron chi connectivity index (χ3n) is 4.27. The van der Waals surface area contributed by atoms with Crippen molar-refractivity contribution in [3.05, 3.63) is 23.3 Å². The molecule has 0 aliphatic carbocycles. The van der Waals surface area contributed by atoms with Crippen LogP contribution in [0.1, 0.15) is 24.0 Å². The molecule has 0 atom stereocenters. The lowest BCUT2D eigenvalue weighted by atomic mass is 9.98. The van der Waals surface area contributed by atoms with Crippen molar-refractivity contribution in [2.45, 2.75) is 31.6 Å². The van der Waals surface area contributed by atoms with Crippen molar-refractivity contribution in [2.75, 3.05) is 33.8 Å². The van der Waals surface area contributed by atoms with E-state index in [2.05, 4.69) is 5.32 Å². The minimum atomic E-state index is -3.50. The van der Waals surface area contributed by atoms with Gasteiger partial charge in [0.05, 0.1) is 7.11 Å². The summed E-state index contributed by atoms with van der Waals surface area (Å²) >= 11 is 0. The normalized spacial score (nSPS) is 16.9. The Balaban J connectivity index is 0.00000264. The van der Waals surface area contributed by atoms with E-state index < -0.39 is 10.0 Å². The molecule has 1 heterocycles. The van der Waals surface area contributed by atoms with Crippen LogP contribution in [0.5, 0.6) is 5.75 Å². The van der Waals surface area contributed by atoms with E-state index in [-0.39, 0.29) is 12.4 Å². The van der Waals surface area contributed by atoms with Crippen molar-refractivity contribution < 1.29 is 13.2 Å². The maximum atomic E-state index is 13.0. The second-order valence-corrected chi connectivity index (χ2v) is 7.89. The molecule has 2 rings (SSSR count). The van der Waals surface area contributed by atoms with Crippen molar-refractivity contribution in [2.24, 2.45) is 5.92 Å². The van der Waals surface area contributed by atoms with E-state index in [1.54, 1.807) is 10.4 Å². The maximum absolute atomic E-state index is 13.0. The topological polar surface area (TPSA) is 58.6 Å². The van der Waals surface area contributed by atoms with Crippen molar-refractivity contribution in [1.29, 1.82) is 0 Å². The van der Waals surface area contributed by atoms with Gasteiger partial charge in [0.15, 0.2) is 0 Å².